The zero-order chi connectivity index (χ0) is 26.5. The number of aliphatic carboxylic acids is 1. The van der Waals surface area contributed by atoms with Gasteiger partial charge in [-0.15, -0.1) is 11.3 Å². The number of carbonyl (C=O) groups is 3. The first-order chi connectivity index (χ1) is 16.9. The second-order valence-electron chi connectivity index (χ2n) is 9.03. The van der Waals surface area contributed by atoms with Crippen molar-refractivity contribution in [3.63, 3.8) is 0 Å². The topological polar surface area (TPSA) is 118 Å². The first kappa shape index (κ1) is 26.8. The van der Waals surface area contributed by atoms with E-state index < -0.39 is 29.4 Å². The van der Waals surface area contributed by atoms with E-state index in [1.807, 2.05) is 6.92 Å². The summed E-state index contributed by atoms with van der Waals surface area (Å²) in [6.45, 7) is 7.19. The monoisotopic (exact) mass is 513 g/mol. The number of carbonyl (C=O) groups excluding carboxylic acids is 2. The number of carboxylic acids is 1. The van der Waals surface area contributed by atoms with Crippen LogP contribution in [0.3, 0.4) is 0 Å². The lowest BCUT2D eigenvalue weighted by molar-refractivity contribution is -0.136. The van der Waals surface area contributed by atoms with Crippen molar-refractivity contribution in [3.05, 3.63) is 70.0 Å². The Morgan fingerprint density at radius 2 is 1.86 bits per heavy atom. The van der Waals surface area contributed by atoms with E-state index in [0.29, 0.717) is 38.7 Å². The average molecular weight is 514 g/mol. The van der Waals surface area contributed by atoms with Crippen LogP contribution in [0, 0.1) is 5.82 Å². The molecular weight excluding hydrogens is 485 g/mol. The largest absolute Gasteiger partial charge is 0.481 e. The summed E-state index contributed by atoms with van der Waals surface area (Å²) in [5.74, 6) is -1.99. The number of aryl methyl sites for hydroxylation is 1. The number of benzene rings is 2. The summed E-state index contributed by atoms with van der Waals surface area (Å²) in [6.07, 6.45) is -0.319. The van der Waals surface area contributed by atoms with Gasteiger partial charge < -0.3 is 20.5 Å². The molecular formula is C26H28FN3O5S. The van der Waals surface area contributed by atoms with Crippen molar-refractivity contribution in [1.82, 2.24) is 10.3 Å². The van der Waals surface area contributed by atoms with Crippen LogP contribution < -0.4 is 10.6 Å². The number of nitrogens with zero attached hydrogens (tertiary/aromatic N) is 1. The molecule has 0 bridgehead atoms. The summed E-state index contributed by atoms with van der Waals surface area (Å²) in [5.41, 5.74) is 1.39. The average Bonchev–Trinajstić information content (AvgIpc) is 3.22. The van der Waals surface area contributed by atoms with E-state index in [1.54, 1.807) is 51.1 Å². The van der Waals surface area contributed by atoms with E-state index in [9.17, 15) is 18.8 Å². The van der Waals surface area contributed by atoms with Gasteiger partial charge in [-0.2, -0.15) is 0 Å². The molecule has 36 heavy (non-hydrogen) atoms. The zero-order valence-electron chi connectivity index (χ0n) is 20.5. The quantitative estimate of drug-likeness (QED) is 0.370. The van der Waals surface area contributed by atoms with Crippen LogP contribution in [0.15, 0.2) is 42.5 Å². The number of alkyl carbamates (subject to hydrolysis) is 1. The third kappa shape index (κ3) is 7.35. The van der Waals surface area contributed by atoms with Crippen molar-refractivity contribution in [3.8, 4) is 10.6 Å². The Hall–Kier alpha value is -3.79. The molecule has 0 radical (unpaired) electrons. The number of halogens is 1. The fourth-order valence-corrected chi connectivity index (χ4v) is 4.38. The second kappa shape index (κ2) is 11.3. The van der Waals surface area contributed by atoms with E-state index in [1.165, 1.54) is 23.5 Å². The first-order valence-electron chi connectivity index (χ1n) is 11.3. The van der Waals surface area contributed by atoms with Gasteiger partial charge in [0.15, 0.2) is 0 Å². The number of para-hydroxylation sites is 1. The Kier molecular flexibility index (Phi) is 8.41. The molecule has 190 valence electrons. The highest BCUT2D eigenvalue weighted by Gasteiger charge is 2.21. The number of thiazole rings is 1. The van der Waals surface area contributed by atoms with Crippen LogP contribution in [-0.4, -0.2) is 33.7 Å². The first-order valence-corrected chi connectivity index (χ1v) is 12.1. The molecule has 0 aliphatic carbocycles. The third-order valence-corrected chi connectivity index (χ3v) is 6.13. The second-order valence-corrected chi connectivity index (χ2v) is 10.1. The highest BCUT2D eigenvalue weighted by atomic mass is 32.1. The molecule has 0 saturated heterocycles. The zero-order valence-corrected chi connectivity index (χ0v) is 21.3. The van der Waals surface area contributed by atoms with Crippen LogP contribution in [-0.2, 0) is 28.9 Å². The minimum atomic E-state index is -1.01. The van der Waals surface area contributed by atoms with Gasteiger partial charge in [0, 0.05) is 22.7 Å². The van der Waals surface area contributed by atoms with Gasteiger partial charge in [0.05, 0.1) is 6.42 Å². The summed E-state index contributed by atoms with van der Waals surface area (Å²) in [6, 6.07) is 11.0. The van der Waals surface area contributed by atoms with Gasteiger partial charge in [0.1, 0.15) is 22.1 Å². The Morgan fingerprint density at radius 1 is 1.14 bits per heavy atom. The Bertz CT molecular complexity index is 1280. The van der Waals surface area contributed by atoms with Crippen molar-refractivity contribution < 1.29 is 28.6 Å². The molecule has 0 spiro atoms. The lowest BCUT2D eigenvalue weighted by Crippen LogP contribution is -2.32. The molecule has 0 aliphatic rings. The summed E-state index contributed by atoms with van der Waals surface area (Å²) >= 11 is 1.27. The van der Waals surface area contributed by atoms with Crippen LogP contribution in [0.5, 0.6) is 0 Å². The van der Waals surface area contributed by atoms with Crippen molar-refractivity contribution in [2.24, 2.45) is 0 Å². The number of hydrogen-bond donors (Lipinski definition) is 3. The van der Waals surface area contributed by atoms with Crippen molar-refractivity contribution >= 4 is 35.0 Å². The van der Waals surface area contributed by atoms with Crippen molar-refractivity contribution in [2.75, 3.05) is 5.32 Å². The molecule has 2 aromatic carbocycles. The number of carboxylic acid groups (broad SMARTS) is 1. The highest BCUT2D eigenvalue weighted by molar-refractivity contribution is 7.15. The Balaban J connectivity index is 1.83. The van der Waals surface area contributed by atoms with Crippen LogP contribution >= 0.6 is 11.3 Å². The van der Waals surface area contributed by atoms with Crippen LogP contribution in [0.2, 0.25) is 0 Å². The molecule has 2 amide bonds. The number of aromatic nitrogens is 1. The maximum atomic E-state index is 14.4. The third-order valence-electron chi connectivity index (χ3n) is 4.88. The molecule has 3 rings (SSSR count). The maximum Gasteiger partial charge on any atom is 0.407 e. The maximum absolute atomic E-state index is 14.4. The number of rotatable bonds is 8. The molecule has 0 atom stereocenters. The number of amides is 2. The summed E-state index contributed by atoms with van der Waals surface area (Å²) in [7, 11) is 0. The SMILES string of the molecule is CCc1sc(-c2cc(F)cc(CNC(=O)OC(C)(C)C)c2)nc1C(=O)Nc1ccccc1CC(=O)O. The number of hydrogen-bond acceptors (Lipinski definition) is 6. The van der Waals surface area contributed by atoms with Crippen molar-refractivity contribution in [1.29, 1.82) is 0 Å². The van der Waals surface area contributed by atoms with E-state index >= 15 is 0 Å². The van der Waals surface area contributed by atoms with Crippen LogP contribution in [0.1, 0.15) is 54.2 Å². The predicted molar refractivity (Wildman–Crippen MR) is 136 cm³/mol. The number of nitrogens with one attached hydrogen (secondary N) is 2. The van der Waals surface area contributed by atoms with Crippen molar-refractivity contribution in [2.45, 2.75) is 52.7 Å². The molecule has 0 aliphatic heterocycles. The van der Waals surface area contributed by atoms with Crippen LogP contribution in [0.25, 0.3) is 10.6 Å². The lowest BCUT2D eigenvalue weighted by atomic mass is 10.1. The molecule has 3 N–H and O–H groups in total. The number of ether oxygens (including phenoxy) is 1. The minimum absolute atomic E-state index is 0.0549. The molecule has 1 heterocycles. The molecule has 0 unspecified atom stereocenters. The van der Waals surface area contributed by atoms with Gasteiger partial charge in [-0.25, -0.2) is 14.2 Å². The highest BCUT2D eigenvalue weighted by Crippen LogP contribution is 2.31. The fourth-order valence-electron chi connectivity index (χ4n) is 3.40. The molecule has 10 heteroatoms. The summed E-state index contributed by atoms with van der Waals surface area (Å²) in [4.78, 5) is 41.3. The lowest BCUT2D eigenvalue weighted by Gasteiger charge is -2.19. The molecule has 3 aromatic rings. The fraction of sp³-hybridized carbons (Fsp3) is 0.308. The number of anilines is 1. The summed E-state index contributed by atoms with van der Waals surface area (Å²) < 4.78 is 19.6. The van der Waals surface area contributed by atoms with Gasteiger partial charge in [-0.3, -0.25) is 9.59 Å². The molecule has 0 saturated carbocycles. The van der Waals surface area contributed by atoms with Gasteiger partial charge >= 0.3 is 12.1 Å². The van der Waals surface area contributed by atoms with E-state index in [-0.39, 0.29) is 18.7 Å². The Morgan fingerprint density at radius 3 is 2.53 bits per heavy atom. The van der Waals surface area contributed by atoms with Gasteiger partial charge in [0.25, 0.3) is 5.91 Å². The smallest absolute Gasteiger partial charge is 0.407 e. The van der Waals surface area contributed by atoms with Gasteiger partial charge in [-0.1, -0.05) is 25.1 Å². The standard InChI is InChI=1S/C26H28FN3O5S/c1-5-20-22(23(33)29-19-9-7-6-8-16(19)13-21(31)32)30-24(36-20)17-10-15(11-18(27)12-17)14-28-25(34)35-26(2,3)4/h6-12H,5,13-14H2,1-4H3,(H,28,34)(H,29,33)(H,31,32). The summed E-state index contributed by atoms with van der Waals surface area (Å²) in [5, 5.41) is 14.9. The van der Waals surface area contributed by atoms with E-state index in [0.717, 1.165) is 0 Å². The van der Waals surface area contributed by atoms with Gasteiger partial charge in [-0.05, 0) is 62.6 Å². The van der Waals surface area contributed by atoms with Crippen LogP contribution in [0.4, 0.5) is 14.9 Å². The van der Waals surface area contributed by atoms with E-state index in [4.69, 9.17) is 9.84 Å². The van der Waals surface area contributed by atoms with E-state index in [2.05, 4.69) is 15.6 Å². The molecule has 0 fully saturated rings. The van der Waals surface area contributed by atoms with Gasteiger partial charge in [0.2, 0.25) is 0 Å². The molecule has 8 nitrogen and oxygen atoms in total. The Labute approximate surface area is 212 Å². The minimum Gasteiger partial charge on any atom is -0.481 e. The molecule has 1 aromatic heterocycles. The normalized spacial score (nSPS) is 11.1. The predicted octanol–water partition coefficient (Wildman–Crippen LogP) is 5.42.